The zero-order chi connectivity index (χ0) is 47.3. The summed E-state index contributed by atoms with van der Waals surface area (Å²) < 4.78 is 5.86. The molecule has 21 heteroatoms. The summed E-state index contributed by atoms with van der Waals surface area (Å²) in [6.07, 6.45) is -4.17. The van der Waals surface area contributed by atoms with Crippen LogP contribution in [0, 0.1) is 28.1 Å². The number of hydrogen-bond donors (Lipinski definition) is 0. The fraction of sp³-hybridized carbons (Fsp3) is 0.523. The van der Waals surface area contributed by atoms with Crippen LogP contribution in [0.25, 0.3) is 12.2 Å². The zero-order valence-corrected chi connectivity index (χ0v) is 36.6. The maximum Gasteiger partial charge on any atom is 2.00 e. The average molecular weight is 942 g/mol. The number of aromatic nitrogens is 1. The van der Waals surface area contributed by atoms with Crippen molar-refractivity contribution in [2.75, 3.05) is 0 Å². The van der Waals surface area contributed by atoms with E-state index in [4.69, 9.17) is 24.7 Å². The summed E-state index contributed by atoms with van der Waals surface area (Å²) in [5.41, 5.74) is -7.01. The normalized spacial score (nSPS) is 28.6. The van der Waals surface area contributed by atoms with E-state index in [9.17, 15) is 74.1 Å². The molecule has 7 atom stereocenters. The third-order valence-electron chi connectivity index (χ3n) is 13.7. The van der Waals surface area contributed by atoms with Gasteiger partial charge in [0, 0.05) is 106 Å². The van der Waals surface area contributed by atoms with E-state index in [0.717, 1.165) is 0 Å². The topological polar surface area (TPSA) is 358 Å². The number of hydrogen-bond acceptors (Lipinski definition) is 19. The van der Waals surface area contributed by atoms with Crippen molar-refractivity contribution in [3.63, 3.8) is 0 Å². The molecule has 1 spiro atoms. The molecule has 6 heterocycles. The van der Waals surface area contributed by atoms with Crippen LogP contribution < -0.4 is 51.4 Å². The third-order valence-corrected chi connectivity index (χ3v) is 13.7. The Hall–Kier alpha value is -6.22. The molecule has 0 N–H and O–H groups in total. The zero-order valence-electron chi connectivity index (χ0n) is 35.6. The maximum atomic E-state index is 13.5. The molecule has 6 rings (SSSR count). The number of ether oxygens (including phenoxy) is 1. The number of nitrogens with zero attached hydrogens (tertiary/aromatic N) is 4. The third kappa shape index (κ3) is 9.07. The van der Waals surface area contributed by atoms with Crippen molar-refractivity contribution in [3.8, 4) is 0 Å². The molecule has 1 fully saturated rings. The minimum atomic E-state index is -1.91. The van der Waals surface area contributed by atoms with Crippen molar-refractivity contribution < 1.29 is 95.6 Å². The van der Waals surface area contributed by atoms with Gasteiger partial charge in [-0.1, -0.05) is 44.1 Å². The van der Waals surface area contributed by atoms with E-state index in [-0.39, 0.29) is 92.0 Å². The fourth-order valence-electron chi connectivity index (χ4n) is 10.6. The van der Waals surface area contributed by atoms with Crippen LogP contribution in [0.4, 0.5) is 0 Å². The van der Waals surface area contributed by atoms with E-state index in [0.29, 0.717) is 0 Å². The number of carbonyl (C=O) groups is 8. The van der Waals surface area contributed by atoms with E-state index >= 15 is 0 Å². The predicted molar refractivity (Wildman–Crippen MR) is 204 cm³/mol. The molecule has 1 aromatic rings. The van der Waals surface area contributed by atoms with E-state index in [1.165, 1.54) is 39.0 Å². The summed E-state index contributed by atoms with van der Waals surface area (Å²) in [6.45, 7) is 6.03. The average Bonchev–Trinajstić information content (AvgIpc) is 3.78. The summed E-state index contributed by atoms with van der Waals surface area (Å²) in [6, 6.07) is 0. The fourth-order valence-corrected chi connectivity index (χ4v) is 10.6. The monoisotopic (exact) mass is 941 g/mol. The number of carboxylic acids is 7. The molecule has 5 aliphatic rings. The molecule has 0 aromatic carbocycles. The van der Waals surface area contributed by atoms with Gasteiger partial charge in [0.15, 0.2) is 0 Å². The Balaban J connectivity index is 0.00000793. The number of carbonyl (C=O) groups excluding carboxylic acids is 8. The molecule has 20 nitrogen and oxygen atoms in total. The number of aliphatic carboxylic acids is 7. The van der Waals surface area contributed by atoms with Crippen LogP contribution in [0.1, 0.15) is 103 Å². The van der Waals surface area contributed by atoms with E-state index < -0.39 is 145 Å². The van der Waals surface area contributed by atoms with Gasteiger partial charge in [0.1, 0.15) is 11.6 Å². The van der Waals surface area contributed by atoms with Crippen molar-refractivity contribution >= 4 is 77.0 Å². The van der Waals surface area contributed by atoms with Gasteiger partial charge in [-0.05, 0) is 76.4 Å². The van der Waals surface area contributed by atoms with Gasteiger partial charge in [-0.15, -0.1) is 10.7 Å². The minimum absolute atomic E-state index is 0. The molecule has 65 heavy (non-hydrogen) atoms. The maximum absolute atomic E-state index is 13.5. The van der Waals surface area contributed by atoms with Crippen LogP contribution in [-0.4, -0.2) is 76.5 Å². The SMILES string of the molecule is CC1OC(=O)C[C@@]2(C)[C@H](CCC(=O)[O-])C3=NC12C1=C(CC(=O)[O-])[C@@](C)(CCC(=O)[O-])C(=N1)C=c1[n-]c(c(CC(=O)[O-])c1CCC(=O)[O-])=CC1=NC(=C3)[C@@](C)(CC(=O)[O-])[C@@H]1CCC(=O)[O-].[Co+2]. The number of carboxylic acid groups (broad SMARTS) is 7. The van der Waals surface area contributed by atoms with Crippen LogP contribution >= 0.6 is 0 Å². The standard InChI is InChI=1S/C44H50N4O16.Co/c1-20-44-40-25(14-37(59)60)41(2,12-11-35(55)56)30(47-40)16-27-21(5-8-32(49)50)22(13-36(57)58)26(45-27)15-28-23(6-9-33(51)52)42(3,18-38(61)62)31(46-28)17-29(48-44)24(7-10-34(53)54)43(44,4)19-39(63)64-20;/h15-17,20,23-24H,5-14,18-19H2,1-4H3,(H8,45,46,47,48,49,50,51,52,53,54,55,56,57,58,59,60,61,62);/q;+2/p-8/t20?,23-,24-,41-,42+,43+,44?;/m1./s1. The minimum Gasteiger partial charge on any atom is -0.657 e. The van der Waals surface area contributed by atoms with Crippen LogP contribution in [0.15, 0.2) is 38.0 Å². The van der Waals surface area contributed by atoms with Crippen molar-refractivity contribution in [1.82, 2.24) is 4.98 Å². The second-order valence-corrected chi connectivity index (χ2v) is 17.6. The molecule has 0 saturated carbocycles. The molecule has 0 aliphatic carbocycles. The largest absolute Gasteiger partial charge is 2.00 e. The first-order chi connectivity index (χ1) is 29.9. The smallest absolute Gasteiger partial charge is 0.657 e. The quantitative estimate of drug-likeness (QED) is 0.123. The summed E-state index contributed by atoms with van der Waals surface area (Å²) in [5.74, 6) is -13.8. The van der Waals surface area contributed by atoms with Gasteiger partial charge >= 0.3 is 22.7 Å². The van der Waals surface area contributed by atoms with Gasteiger partial charge in [0.05, 0.1) is 12.1 Å². The van der Waals surface area contributed by atoms with Gasteiger partial charge in [-0.3, -0.25) is 19.8 Å². The van der Waals surface area contributed by atoms with Gasteiger partial charge in [-0.2, -0.15) is 0 Å². The van der Waals surface area contributed by atoms with Crippen molar-refractivity contribution in [3.05, 3.63) is 44.9 Å². The van der Waals surface area contributed by atoms with Crippen LogP contribution in [0.5, 0.6) is 0 Å². The van der Waals surface area contributed by atoms with Crippen molar-refractivity contribution in [1.29, 1.82) is 0 Å². The number of cyclic esters (lactones) is 1. The molecule has 0 amide bonds. The number of rotatable bonds is 18. The van der Waals surface area contributed by atoms with Gasteiger partial charge in [-0.25, -0.2) is 0 Å². The molecule has 2 unspecified atom stereocenters. The molecular formula is C44H42CoN4O16-6. The number of allylic oxidation sites excluding steroid dienone is 2. The van der Waals surface area contributed by atoms with E-state index in [1.807, 2.05) is 0 Å². The van der Waals surface area contributed by atoms with Gasteiger partial charge in [0.2, 0.25) is 0 Å². The summed E-state index contributed by atoms with van der Waals surface area (Å²) in [4.78, 5) is 119. The first-order valence-electron chi connectivity index (χ1n) is 20.6. The Morgan fingerprint density at radius 3 is 1.86 bits per heavy atom. The first-order valence-corrected chi connectivity index (χ1v) is 20.6. The molecule has 5 aliphatic heterocycles. The Morgan fingerprint density at radius 1 is 0.708 bits per heavy atom. The summed E-state index contributed by atoms with van der Waals surface area (Å²) >= 11 is 0. The van der Waals surface area contributed by atoms with Crippen molar-refractivity contribution in [2.24, 2.45) is 43.1 Å². The number of fused-ring (bicyclic) bond motifs is 4. The Bertz CT molecular complexity index is 2570. The molecular weight excluding hydrogens is 899 g/mol. The Labute approximate surface area is 380 Å². The Morgan fingerprint density at radius 2 is 1.29 bits per heavy atom. The molecule has 1 saturated heterocycles. The van der Waals surface area contributed by atoms with E-state index in [1.54, 1.807) is 6.92 Å². The van der Waals surface area contributed by atoms with Gasteiger partial charge in [0.25, 0.3) is 0 Å². The molecule has 1 aromatic heterocycles. The molecule has 1 radical (unpaired) electrons. The predicted octanol–water partition coefficient (Wildman–Crippen LogP) is -7.11. The molecule has 8 bridgehead atoms. The van der Waals surface area contributed by atoms with E-state index in [2.05, 4.69) is 0 Å². The van der Waals surface area contributed by atoms with Gasteiger partial charge < -0.3 is 79.0 Å². The number of esters is 1. The van der Waals surface area contributed by atoms with Crippen molar-refractivity contribution in [2.45, 2.75) is 116 Å². The second kappa shape index (κ2) is 18.3. The Kier molecular flexibility index (Phi) is 14.0. The number of aliphatic imine (C=N–C) groups is 3. The summed E-state index contributed by atoms with van der Waals surface area (Å²) in [7, 11) is 0. The van der Waals surface area contributed by atoms with Crippen LogP contribution in [-0.2, 0) is 72.7 Å². The van der Waals surface area contributed by atoms with Crippen LogP contribution in [0.2, 0.25) is 0 Å². The summed E-state index contributed by atoms with van der Waals surface area (Å²) in [5, 5.41) is 85.5. The second-order valence-electron chi connectivity index (χ2n) is 17.6. The molecule has 349 valence electrons. The van der Waals surface area contributed by atoms with Crippen LogP contribution in [0.3, 0.4) is 0 Å². The first kappa shape index (κ1) is 49.8.